The number of rotatable bonds is 8. The van der Waals surface area contributed by atoms with Crippen LogP contribution in [0.2, 0.25) is 0 Å². The molecule has 0 unspecified atom stereocenters. The first-order valence-corrected chi connectivity index (χ1v) is 12.9. The van der Waals surface area contributed by atoms with Gasteiger partial charge in [-0.3, -0.25) is 14.6 Å². The first kappa shape index (κ1) is 27.4. The molecule has 6 nitrogen and oxygen atoms in total. The third-order valence-electron chi connectivity index (χ3n) is 7.17. The maximum atomic E-state index is 13.7. The molecule has 1 amide bonds. The Morgan fingerprint density at radius 3 is 2.39 bits per heavy atom. The highest BCUT2D eigenvalue weighted by molar-refractivity contribution is 6.02. The molecule has 2 aromatic carbocycles. The number of carbonyl (C=O) groups is 2. The molecule has 0 bridgehead atoms. The van der Waals surface area contributed by atoms with Crippen molar-refractivity contribution in [1.82, 2.24) is 9.80 Å². The van der Waals surface area contributed by atoms with Gasteiger partial charge in [0, 0.05) is 56.7 Å². The minimum Gasteiger partial charge on any atom is -0.507 e. The molecule has 2 atom stereocenters. The van der Waals surface area contributed by atoms with Crippen molar-refractivity contribution >= 4 is 17.5 Å². The molecule has 0 spiro atoms. The number of hydrogen-bond acceptors (Lipinski definition) is 4. The zero-order chi connectivity index (χ0) is 26.6. The van der Waals surface area contributed by atoms with E-state index in [-0.39, 0.29) is 41.9 Å². The van der Waals surface area contributed by atoms with Crippen LogP contribution in [0.15, 0.2) is 47.5 Å². The van der Waals surface area contributed by atoms with Gasteiger partial charge in [0.25, 0.3) is 0 Å². The van der Waals surface area contributed by atoms with Crippen LogP contribution >= 0.6 is 0 Å². The molecule has 1 N–H and O–H groups in total. The van der Waals surface area contributed by atoms with Gasteiger partial charge in [-0.2, -0.15) is 0 Å². The predicted octanol–water partition coefficient (Wildman–Crippen LogP) is 5.39. The Balaban J connectivity index is 1.95. The zero-order valence-corrected chi connectivity index (χ0v) is 22.8. The average Bonchev–Trinajstić information content (AvgIpc) is 3.16. The van der Waals surface area contributed by atoms with E-state index < -0.39 is 0 Å². The quantitative estimate of drug-likeness (QED) is 0.502. The number of phenolic OH excluding ortho intramolecular Hbond substituents is 1. The normalized spacial score (nSPS) is 19.1. The first-order chi connectivity index (χ1) is 17.0. The summed E-state index contributed by atoms with van der Waals surface area (Å²) >= 11 is 0. The van der Waals surface area contributed by atoms with Gasteiger partial charge in [-0.05, 0) is 35.4 Å². The summed E-state index contributed by atoms with van der Waals surface area (Å²) in [5, 5.41) is 11.0. The van der Waals surface area contributed by atoms with Crippen molar-refractivity contribution in [3.8, 4) is 5.75 Å². The molecule has 194 valence electrons. The van der Waals surface area contributed by atoms with Crippen LogP contribution in [0.5, 0.6) is 5.75 Å². The maximum absolute atomic E-state index is 13.7. The summed E-state index contributed by atoms with van der Waals surface area (Å²) < 4.78 is 0. The lowest BCUT2D eigenvalue weighted by atomic mass is 9.83. The molecule has 0 radical (unpaired) electrons. The summed E-state index contributed by atoms with van der Waals surface area (Å²) in [4.78, 5) is 33.9. The SMILES string of the molecule is CCC[C@H]1CN(CC(=O)c2cc(CN(C)C(C)=O)c(O)c(C(C)(C)C)c2)/C(=N\C)[C@@H]1c1ccccc1. The summed E-state index contributed by atoms with van der Waals surface area (Å²) in [6, 6.07) is 14.0. The van der Waals surface area contributed by atoms with Gasteiger partial charge in [0.05, 0.1) is 6.54 Å². The Morgan fingerprint density at radius 1 is 1.17 bits per heavy atom. The fourth-order valence-corrected chi connectivity index (χ4v) is 5.21. The summed E-state index contributed by atoms with van der Waals surface area (Å²) in [6.07, 6.45) is 2.14. The number of amides is 1. The Kier molecular flexibility index (Phi) is 8.59. The van der Waals surface area contributed by atoms with E-state index in [1.807, 2.05) is 40.0 Å². The second kappa shape index (κ2) is 11.3. The fraction of sp³-hybridized carbons (Fsp3) is 0.500. The molecular weight excluding hydrogens is 450 g/mol. The number of ketones is 1. The lowest BCUT2D eigenvalue weighted by Crippen LogP contribution is -2.33. The summed E-state index contributed by atoms with van der Waals surface area (Å²) in [6.45, 7) is 11.0. The second-order valence-electron chi connectivity index (χ2n) is 11.0. The number of carbonyl (C=O) groups excluding carboxylic acids is 2. The Morgan fingerprint density at radius 2 is 1.83 bits per heavy atom. The Bertz CT molecular complexity index is 1120. The van der Waals surface area contributed by atoms with Crippen LogP contribution in [0.25, 0.3) is 0 Å². The second-order valence-corrected chi connectivity index (χ2v) is 11.0. The number of Topliss-reactive ketones (excluding diaryl/α,β-unsaturated/α-hetero) is 1. The predicted molar refractivity (Wildman–Crippen MR) is 146 cm³/mol. The van der Waals surface area contributed by atoms with E-state index in [9.17, 15) is 14.7 Å². The number of nitrogens with zero attached hydrogens (tertiary/aromatic N) is 3. The fourth-order valence-electron chi connectivity index (χ4n) is 5.21. The maximum Gasteiger partial charge on any atom is 0.219 e. The lowest BCUT2D eigenvalue weighted by molar-refractivity contribution is -0.128. The van der Waals surface area contributed by atoms with E-state index in [4.69, 9.17) is 0 Å². The van der Waals surface area contributed by atoms with Gasteiger partial charge in [0.2, 0.25) is 5.91 Å². The van der Waals surface area contributed by atoms with Crippen molar-refractivity contribution in [3.63, 3.8) is 0 Å². The van der Waals surface area contributed by atoms with E-state index in [2.05, 4.69) is 41.1 Å². The minimum atomic E-state index is -0.363. The van der Waals surface area contributed by atoms with Crippen molar-refractivity contribution in [1.29, 1.82) is 0 Å². The van der Waals surface area contributed by atoms with E-state index in [1.165, 1.54) is 17.4 Å². The van der Waals surface area contributed by atoms with E-state index in [1.54, 1.807) is 13.1 Å². The lowest BCUT2D eigenvalue weighted by Gasteiger charge is -2.25. The van der Waals surface area contributed by atoms with Crippen molar-refractivity contribution in [2.45, 2.75) is 65.3 Å². The number of aliphatic imine (C=N–C) groups is 1. The van der Waals surface area contributed by atoms with Crippen molar-refractivity contribution in [3.05, 3.63) is 64.7 Å². The van der Waals surface area contributed by atoms with Gasteiger partial charge < -0.3 is 14.9 Å². The van der Waals surface area contributed by atoms with Crippen molar-refractivity contribution in [2.75, 3.05) is 27.2 Å². The molecule has 2 aromatic rings. The Labute approximate surface area is 216 Å². The van der Waals surface area contributed by atoms with E-state index in [0.29, 0.717) is 22.6 Å². The largest absolute Gasteiger partial charge is 0.507 e. The first-order valence-electron chi connectivity index (χ1n) is 12.9. The molecule has 0 aromatic heterocycles. The topological polar surface area (TPSA) is 73.2 Å². The standard InChI is InChI=1S/C30H41N3O3/c1-8-12-22-18-33(29(31-6)27(22)21-13-10-9-11-14-21)19-26(35)23-15-24(17-32(7)20(2)34)28(36)25(16-23)30(3,4)5/h9-11,13-16,22,27,36H,8,12,17-19H2,1-7H3/b31-29-/t22-,27+/m0/s1. The highest BCUT2D eigenvalue weighted by Gasteiger charge is 2.39. The molecule has 3 rings (SSSR count). The smallest absolute Gasteiger partial charge is 0.219 e. The monoisotopic (exact) mass is 491 g/mol. The van der Waals surface area contributed by atoms with Gasteiger partial charge in [-0.1, -0.05) is 64.4 Å². The van der Waals surface area contributed by atoms with Gasteiger partial charge in [-0.15, -0.1) is 0 Å². The van der Waals surface area contributed by atoms with Crippen LogP contribution in [-0.2, 0) is 16.8 Å². The highest BCUT2D eigenvalue weighted by atomic mass is 16.3. The van der Waals surface area contributed by atoms with Crippen molar-refractivity contribution in [2.24, 2.45) is 10.9 Å². The third kappa shape index (κ3) is 5.97. The molecule has 0 saturated carbocycles. The summed E-state index contributed by atoms with van der Waals surface area (Å²) in [7, 11) is 3.50. The van der Waals surface area contributed by atoms with Gasteiger partial charge in [0.1, 0.15) is 11.6 Å². The molecule has 36 heavy (non-hydrogen) atoms. The Hall–Kier alpha value is -3.15. The molecule has 1 aliphatic rings. The van der Waals surface area contributed by atoms with Crippen LogP contribution in [-0.4, -0.2) is 59.6 Å². The van der Waals surface area contributed by atoms with Crippen LogP contribution in [0, 0.1) is 5.92 Å². The third-order valence-corrected chi connectivity index (χ3v) is 7.17. The molecular formula is C30H41N3O3. The van der Waals surface area contributed by atoms with Crippen LogP contribution in [0.4, 0.5) is 0 Å². The van der Waals surface area contributed by atoms with Gasteiger partial charge in [-0.25, -0.2) is 0 Å². The highest BCUT2D eigenvalue weighted by Crippen LogP contribution is 2.38. The number of benzene rings is 2. The molecule has 1 saturated heterocycles. The number of amidine groups is 1. The molecule has 1 aliphatic heterocycles. The number of likely N-dealkylation sites (tertiary alicyclic amines) is 1. The molecule has 6 heteroatoms. The van der Waals surface area contributed by atoms with E-state index >= 15 is 0 Å². The molecule has 1 heterocycles. The zero-order valence-electron chi connectivity index (χ0n) is 22.8. The van der Waals surface area contributed by atoms with Gasteiger partial charge in [0.15, 0.2) is 5.78 Å². The van der Waals surface area contributed by atoms with Crippen LogP contribution < -0.4 is 0 Å². The van der Waals surface area contributed by atoms with E-state index in [0.717, 1.165) is 25.2 Å². The van der Waals surface area contributed by atoms with Gasteiger partial charge >= 0.3 is 0 Å². The van der Waals surface area contributed by atoms with Crippen molar-refractivity contribution < 1.29 is 14.7 Å². The molecule has 1 fully saturated rings. The molecule has 0 aliphatic carbocycles. The average molecular weight is 492 g/mol. The minimum absolute atomic E-state index is 0.0164. The summed E-state index contributed by atoms with van der Waals surface area (Å²) in [5.74, 6) is 1.56. The van der Waals surface area contributed by atoms with Crippen LogP contribution in [0.1, 0.15) is 80.4 Å². The summed E-state index contributed by atoms with van der Waals surface area (Å²) in [5.41, 5.74) is 2.71. The van der Waals surface area contributed by atoms with Crippen LogP contribution in [0.3, 0.4) is 0 Å². The number of aromatic hydroxyl groups is 1. The number of hydrogen-bond donors (Lipinski definition) is 1. The number of phenols is 1.